The van der Waals surface area contributed by atoms with E-state index in [-0.39, 0.29) is 5.41 Å². The van der Waals surface area contributed by atoms with E-state index in [0.29, 0.717) is 12.5 Å². The lowest BCUT2D eigenvalue weighted by Crippen LogP contribution is -2.49. The highest BCUT2D eigenvalue weighted by Crippen LogP contribution is 2.40. The fourth-order valence-corrected chi connectivity index (χ4v) is 4.41. The first-order valence-corrected chi connectivity index (χ1v) is 9.45. The van der Waals surface area contributed by atoms with Crippen molar-refractivity contribution >= 4 is 5.91 Å². The average Bonchev–Trinajstić information content (AvgIpc) is 3.19. The molecule has 0 N–H and O–H groups in total. The van der Waals surface area contributed by atoms with Gasteiger partial charge in [0, 0.05) is 51.8 Å². The Labute approximate surface area is 154 Å². The predicted molar refractivity (Wildman–Crippen MR) is 99.2 cm³/mol. The van der Waals surface area contributed by atoms with Crippen LogP contribution in [0.2, 0.25) is 0 Å². The van der Waals surface area contributed by atoms with E-state index in [4.69, 9.17) is 0 Å². The molecule has 138 valence electrons. The number of hydrogen-bond acceptors (Lipinski definition) is 4. The minimum atomic E-state index is -0.200. The third kappa shape index (κ3) is 3.14. The highest BCUT2D eigenvalue weighted by molar-refractivity contribution is 5.84. The van der Waals surface area contributed by atoms with Gasteiger partial charge in [0.1, 0.15) is 5.82 Å². The van der Waals surface area contributed by atoms with E-state index in [1.807, 2.05) is 36.4 Å². The average molecular weight is 353 g/mol. The second-order valence-electron chi connectivity index (χ2n) is 7.79. The fraction of sp³-hybridized carbons (Fsp3) is 0.550. The number of nitrogens with zero attached hydrogens (tertiary/aromatic N) is 5. The summed E-state index contributed by atoms with van der Waals surface area (Å²) < 4.78 is 2.14. The molecule has 0 bridgehead atoms. The number of likely N-dealkylation sites (tertiary alicyclic amines) is 2. The van der Waals surface area contributed by atoms with Gasteiger partial charge >= 0.3 is 0 Å². The molecule has 2 aliphatic heterocycles. The Hall–Kier alpha value is -2.21. The van der Waals surface area contributed by atoms with Crippen LogP contribution in [0.3, 0.4) is 0 Å². The Kier molecular flexibility index (Phi) is 4.53. The molecule has 4 rings (SSSR count). The maximum atomic E-state index is 13.3. The van der Waals surface area contributed by atoms with E-state index in [0.717, 1.165) is 56.8 Å². The third-order valence-corrected chi connectivity index (χ3v) is 6.06. The van der Waals surface area contributed by atoms with Crippen LogP contribution in [0.4, 0.5) is 0 Å². The van der Waals surface area contributed by atoms with Gasteiger partial charge < -0.3 is 9.47 Å². The fourth-order valence-electron chi connectivity index (χ4n) is 4.41. The van der Waals surface area contributed by atoms with Crippen molar-refractivity contribution in [2.75, 3.05) is 19.6 Å². The Morgan fingerprint density at radius 1 is 1.19 bits per heavy atom. The molecule has 1 amide bonds. The highest BCUT2D eigenvalue weighted by Gasteiger charge is 2.48. The molecular formula is C20H27N5O. The SMILES string of the molecule is Cc1ncc(CN2CC[C@]3(CCCN(Cc4cccnc4)C3=O)C2)n1C. The topological polar surface area (TPSA) is 54.3 Å². The zero-order chi connectivity index (χ0) is 18.1. The largest absolute Gasteiger partial charge is 0.338 e. The number of carbonyl (C=O) groups is 1. The summed E-state index contributed by atoms with van der Waals surface area (Å²) in [5.74, 6) is 1.36. The lowest BCUT2D eigenvalue weighted by molar-refractivity contribution is -0.146. The Morgan fingerprint density at radius 3 is 2.81 bits per heavy atom. The van der Waals surface area contributed by atoms with E-state index in [1.165, 1.54) is 5.69 Å². The van der Waals surface area contributed by atoms with Gasteiger partial charge in [-0.1, -0.05) is 6.07 Å². The Balaban J connectivity index is 1.44. The highest BCUT2D eigenvalue weighted by atomic mass is 16.2. The standard InChI is InChI=1S/C20H27N5O/c1-16-22-12-18(23(16)2)14-24-10-7-20(15-24)6-4-9-25(19(20)26)13-17-5-3-8-21-11-17/h3,5,8,11-12H,4,6-7,9-10,13-15H2,1-2H3/t20-/m1/s1. The summed E-state index contributed by atoms with van der Waals surface area (Å²) in [6.45, 7) is 6.27. The van der Waals surface area contributed by atoms with Crippen molar-refractivity contribution in [1.82, 2.24) is 24.3 Å². The van der Waals surface area contributed by atoms with Crippen LogP contribution in [-0.4, -0.2) is 49.9 Å². The number of piperidine rings is 1. The molecule has 1 atom stereocenters. The molecule has 0 aliphatic carbocycles. The molecule has 2 aromatic rings. The minimum Gasteiger partial charge on any atom is -0.338 e. The first-order chi connectivity index (χ1) is 12.6. The van der Waals surface area contributed by atoms with Gasteiger partial charge in [0.25, 0.3) is 0 Å². The quantitative estimate of drug-likeness (QED) is 0.845. The number of amides is 1. The predicted octanol–water partition coefficient (Wildman–Crippen LogP) is 2.14. The number of aryl methyl sites for hydroxylation is 1. The van der Waals surface area contributed by atoms with Gasteiger partial charge in [-0.15, -0.1) is 0 Å². The van der Waals surface area contributed by atoms with E-state index in [1.54, 1.807) is 6.20 Å². The van der Waals surface area contributed by atoms with Gasteiger partial charge in [0.05, 0.1) is 11.1 Å². The monoisotopic (exact) mass is 353 g/mol. The molecule has 0 aromatic carbocycles. The van der Waals surface area contributed by atoms with Crippen LogP contribution in [0.1, 0.15) is 36.3 Å². The zero-order valence-corrected chi connectivity index (χ0v) is 15.7. The molecular weight excluding hydrogens is 326 g/mol. The maximum absolute atomic E-state index is 13.3. The molecule has 6 nitrogen and oxygen atoms in total. The van der Waals surface area contributed by atoms with E-state index >= 15 is 0 Å². The second kappa shape index (κ2) is 6.83. The van der Waals surface area contributed by atoms with Gasteiger partial charge in [-0.05, 0) is 44.4 Å². The van der Waals surface area contributed by atoms with Crippen molar-refractivity contribution in [2.45, 2.75) is 39.3 Å². The van der Waals surface area contributed by atoms with Crippen LogP contribution in [0.5, 0.6) is 0 Å². The van der Waals surface area contributed by atoms with E-state index in [2.05, 4.69) is 26.5 Å². The van der Waals surface area contributed by atoms with Gasteiger partial charge in [0.2, 0.25) is 5.91 Å². The van der Waals surface area contributed by atoms with Crippen molar-refractivity contribution in [3.05, 3.63) is 47.8 Å². The molecule has 26 heavy (non-hydrogen) atoms. The van der Waals surface area contributed by atoms with Crippen molar-refractivity contribution in [3.63, 3.8) is 0 Å². The maximum Gasteiger partial charge on any atom is 0.230 e. The van der Waals surface area contributed by atoms with Gasteiger partial charge in [-0.25, -0.2) is 4.98 Å². The molecule has 4 heterocycles. The normalized spacial score (nSPS) is 23.9. The van der Waals surface area contributed by atoms with Gasteiger partial charge in [0.15, 0.2) is 0 Å². The van der Waals surface area contributed by atoms with E-state index in [9.17, 15) is 4.79 Å². The number of aromatic nitrogens is 3. The van der Waals surface area contributed by atoms with Crippen LogP contribution in [0.15, 0.2) is 30.7 Å². The van der Waals surface area contributed by atoms with Crippen LogP contribution in [0, 0.1) is 12.3 Å². The summed E-state index contributed by atoms with van der Waals surface area (Å²) in [6.07, 6.45) is 8.66. The van der Waals surface area contributed by atoms with Crippen LogP contribution in [0.25, 0.3) is 0 Å². The minimum absolute atomic E-state index is 0.200. The summed E-state index contributed by atoms with van der Waals surface area (Å²) in [5, 5.41) is 0. The molecule has 1 spiro atoms. The molecule has 0 saturated carbocycles. The molecule has 2 fully saturated rings. The molecule has 2 saturated heterocycles. The number of pyridine rings is 1. The van der Waals surface area contributed by atoms with E-state index < -0.39 is 0 Å². The summed E-state index contributed by atoms with van der Waals surface area (Å²) in [6, 6.07) is 3.99. The Bertz CT molecular complexity index is 787. The number of hydrogen-bond donors (Lipinski definition) is 0. The molecule has 6 heteroatoms. The lowest BCUT2D eigenvalue weighted by Gasteiger charge is -2.39. The molecule has 0 unspecified atom stereocenters. The van der Waals surface area contributed by atoms with Crippen molar-refractivity contribution in [2.24, 2.45) is 12.5 Å². The number of rotatable bonds is 4. The summed E-state index contributed by atoms with van der Waals surface area (Å²) in [4.78, 5) is 26.3. The molecule has 0 radical (unpaired) electrons. The van der Waals surface area contributed by atoms with Crippen LogP contribution < -0.4 is 0 Å². The number of imidazole rings is 1. The Morgan fingerprint density at radius 2 is 2.08 bits per heavy atom. The summed E-state index contributed by atoms with van der Waals surface area (Å²) in [7, 11) is 2.06. The first kappa shape index (κ1) is 17.2. The van der Waals surface area contributed by atoms with Crippen LogP contribution >= 0.6 is 0 Å². The third-order valence-electron chi connectivity index (χ3n) is 6.06. The zero-order valence-electron chi connectivity index (χ0n) is 15.7. The number of carbonyl (C=O) groups excluding carboxylic acids is 1. The van der Waals surface area contributed by atoms with Crippen molar-refractivity contribution < 1.29 is 4.79 Å². The van der Waals surface area contributed by atoms with Crippen LogP contribution in [-0.2, 0) is 24.9 Å². The van der Waals surface area contributed by atoms with Crippen molar-refractivity contribution in [1.29, 1.82) is 0 Å². The molecule has 2 aliphatic rings. The summed E-state index contributed by atoms with van der Waals surface area (Å²) >= 11 is 0. The first-order valence-electron chi connectivity index (χ1n) is 9.45. The smallest absolute Gasteiger partial charge is 0.230 e. The van der Waals surface area contributed by atoms with Crippen molar-refractivity contribution in [3.8, 4) is 0 Å². The van der Waals surface area contributed by atoms with Gasteiger partial charge in [-0.3, -0.25) is 14.7 Å². The van der Waals surface area contributed by atoms with Gasteiger partial charge in [-0.2, -0.15) is 0 Å². The summed E-state index contributed by atoms with van der Waals surface area (Å²) in [5.41, 5.74) is 2.13. The molecule has 2 aromatic heterocycles. The second-order valence-corrected chi connectivity index (χ2v) is 7.79. The lowest BCUT2D eigenvalue weighted by atomic mass is 9.78.